The van der Waals surface area contributed by atoms with Gasteiger partial charge in [0.25, 0.3) is 0 Å². The standard InChI is InChI=1S/C7H13NOS2/c1-4-5-6-11-7(10-3)8-9-2/h4-5H,6H2,1-3H3/b5-4-,8-7-. The monoisotopic (exact) mass is 191 g/mol. The van der Waals surface area contributed by atoms with Crippen molar-refractivity contribution in [3.63, 3.8) is 0 Å². The molecule has 0 rings (SSSR count). The summed E-state index contributed by atoms with van der Waals surface area (Å²) < 4.78 is 0.964. The van der Waals surface area contributed by atoms with Gasteiger partial charge in [0, 0.05) is 5.75 Å². The van der Waals surface area contributed by atoms with Gasteiger partial charge in [0.05, 0.1) is 0 Å². The zero-order valence-electron chi connectivity index (χ0n) is 7.03. The normalized spacial score (nSPS) is 12.5. The van der Waals surface area contributed by atoms with E-state index in [-0.39, 0.29) is 0 Å². The Morgan fingerprint density at radius 1 is 1.64 bits per heavy atom. The Bertz CT molecular complexity index is 145. The lowest BCUT2D eigenvalue weighted by atomic mass is 10.6. The Hall–Kier alpha value is -0.0900. The topological polar surface area (TPSA) is 21.6 Å². The van der Waals surface area contributed by atoms with E-state index in [1.807, 2.05) is 19.3 Å². The minimum Gasteiger partial charge on any atom is -0.398 e. The molecule has 0 aromatic carbocycles. The fraction of sp³-hybridized carbons (Fsp3) is 0.571. The van der Waals surface area contributed by atoms with Crippen molar-refractivity contribution in [1.29, 1.82) is 0 Å². The van der Waals surface area contributed by atoms with Crippen LogP contribution in [0.5, 0.6) is 0 Å². The van der Waals surface area contributed by atoms with Crippen molar-refractivity contribution in [2.75, 3.05) is 19.1 Å². The van der Waals surface area contributed by atoms with Crippen molar-refractivity contribution in [2.24, 2.45) is 5.16 Å². The van der Waals surface area contributed by atoms with Crippen molar-refractivity contribution < 1.29 is 4.84 Å². The van der Waals surface area contributed by atoms with Gasteiger partial charge in [-0.25, -0.2) is 0 Å². The Morgan fingerprint density at radius 2 is 2.36 bits per heavy atom. The minimum atomic E-state index is 0.958. The first kappa shape index (κ1) is 10.9. The number of oxime groups is 1. The summed E-state index contributed by atoms with van der Waals surface area (Å²) in [4.78, 5) is 4.65. The lowest BCUT2D eigenvalue weighted by molar-refractivity contribution is 0.216. The molecule has 0 aliphatic heterocycles. The number of allylic oxidation sites excluding steroid dienone is 1. The Morgan fingerprint density at radius 3 is 2.82 bits per heavy atom. The average Bonchev–Trinajstić information content (AvgIpc) is 2.03. The third-order valence-electron chi connectivity index (χ3n) is 0.879. The fourth-order valence-corrected chi connectivity index (χ4v) is 1.80. The van der Waals surface area contributed by atoms with Crippen molar-refractivity contribution >= 4 is 27.9 Å². The largest absolute Gasteiger partial charge is 0.398 e. The third kappa shape index (κ3) is 6.31. The van der Waals surface area contributed by atoms with Gasteiger partial charge in [-0.2, -0.15) is 0 Å². The van der Waals surface area contributed by atoms with Crippen LogP contribution in [0.2, 0.25) is 0 Å². The van der Waals surface area contributed by atoms with Crippen molar-refractivity contribution in [3.8, 4) is 0 Å². The number of rotatable bonds is 3. The molecule has 4 heteroatoms. The Balaban J connectivity index is 3.60. The van der Waals surface area contributed by atoms with Crippen LogP contribution in [0.4, 0.5) is 0 Å². The molecular weight excluding hydrogens is 178 g/mol. The summed E-state index contributed by atoms with van der Waals surface area (Å²) in [6.07, 6.45) is 6.10. The van der Waals surface area contributed by atoms with Gasteiger partial charge in [-0.1, -0.05) is 40.8 Å². The molecule has 0 aliphatic carbocycles. The van der Waals surface area contributed by atoms with Gasteiger partial charge in [-0.3, -0.25) is 0 Å². The zero-order chi connectivity index (χ0) is 8.53. The van der Waals surface area contributed by atoms with Crippen LogP contribution >= 0.6 is 23.5 Å². The maximum absolute atomic E-state index is 4.65. The van der Waals surface area contributed by atoms with Crippen LogP contribution < -0.4 is 0 Å². The molecule has 0 saturated heterocycles. The van der Waals surface area contributed by atoms with E-state index < -0.39 is 0 Å². The summed E-state index contributed by atoms with van der Waals surface area (Å²) >= 11 is 3.27. The van der Waals surface area contributed by atoms with E-state index in [0.717, 1.165) is 10.1 Å². The van der Waals surface area contributed by atoms with Crippen LogP contribution in [0.3, 0.4) is 0 Å². The molecule has 0 unspecified atom stereocenters. The predicted octanol–water partition coefficient (Wildman–Crippen LogP) is 2.58. The molecule has 2 nitrogen and oxygen atoms in total. The number of hydrogen-bond donors (Lipinski definition) is 0. The van der Waals surface area contributed by atoms with E-state index in [0.29, 0.717) is 0 Å². The molecule has 0 aliphatic rings. The van der Waals surface area contributed by atoms with Gasteiger partial charge in [0.1, 0.15) is 7.11 Å². The fourth-order valence-electron chi connectivity index (χ4n) is 0.413. The number of nitrogens with zero attached hydrogens (tertiary/aromatic N) is 1. The SMILES string of the molecule is C/C=C\CS/C(=N\OC)SC. The van der Waals surface area contributed by atoms with E-state index in [4.69, 9.17) is 0 Å². The van der Waals surface area contributed by atoms with Gasteiger partial charge in [-0.05, 0) is 13.2 Å². The van der Waals surface area contributed by atoms with E-state index >= 15 is 0 Å². The van der Waals surface area contributed by atoms with Crippen LogP contribution in [-0.4, -0.2) is 23.5 Å². The van der Waals surface area contributed by atoms with Crippen LogP contribution in [-0.2, 0) is 4.84 Å². The van der Waals surface area contributed by atoms with Crippen LogP contribution in [0.25, 0.3) is 0 Å². The lowest BCUT2D eigenvalue weighted by Crippen LogP contribution is -1.86. The molecule has 0 bridgehead atoms. The van der Waals surface area contributed by atoms with E-state index in [9.17, 15) is 0 Å². The van der Waals surface area contributed by atoms with Crippen LogP contribution in [0.15, 0.2) is 17.3 Å². The minimum absolute atomic E-state index is 0.958. The van der Waals surface area contributed by atoms with Gasteiger partial charge in [0.2, 0.25) is 0 Å². The summed E-state index contributed by atoms with van der Waals surface area (Å²) in [6.45, 7) is 2.01. The number of hydrogen-bond acceptors (Lipinski definition) is 4. The lowest BCUT2D eigenvalue weighted by Gasteiger charge is -1.97. The van der Waals surface area contributed by atoms with Gasteiger partial charge in [0.15, 0.2) is 4.38 Å². The molecule has 0 spiro atoms. The first-order valence-corrected chi connectivity index (χ1v) is 5.45. The van der Waals surface area contributed by atoms with Gasteiger partial charge < -0.3 is 4.84 Å². The molecule has 0 atom stereocenters. The summed E-state index contributed by atoms with van der Waals surface area (Å²) in [5, 5.41) is 3.82. The van der Waals surface area contributed by atoms with Crippen molar-refractivity contribution in [1.82, 2.24) is 0 Å². The Labute approximate surface area is 76.4 Å². The molecular formula is C7H13NOS2. The summed E-state index contributed by atoms with van der Waals surface area (Å²) in [6, 6.07) is 0. The van der Waals surface area contributed by atoms with E-state index in [1.165, 1.54) is 0 Å². The van der Waals surface area contributed by atoms with Crippen LogP contribution in [0.1, 0.15) is 6.92 Å². The maximum Gasteiger partial charge on any atom is 0.169 e. The molecule has 0 radical (unpaired) electrons. The molecule has 0 heterocycles. The maximum atomic E-state index is 4.65. The van der Waals surface area contributed by atoms with Gasteiger partial charge in [-0.15, -0.1) is 0 Å². The second kappa shape index (κ2) is 8.01. The van der Waals surface area contributed by atoms with Crippen molar-refractivity contribution in [2.45, 2.75) is 6.92 Å². The predicted molar refractivity (Wildman–Crippen MR) is 55.2 cm³/mol. The average molecular weight is 191 g/mol. The quantitative estimate of drug-likeness (QED) is 0.296. The molecule has 64 valence electrons. The summed E-state index contributed by atoms with van der Waals surface area (Å²) in [5.74, 6) is 0.958. The molecule has 0 saturated carbocycles. The first-order chi connectivity index (χ1) is 5.35. The number of thioether (sulfide) groups is 2. The molecule has 0 aromatic rings. The summed E-state index contributed by atoms with van der Waals surface area (Å²) in [7, 11) is 1.56. The van der Waals surface area contributed by atoms with E-state index in [2.05, 4.69) is 16.1 Å². The highest BCUT2D eigenvalue weighted by molar-refractivity contribution is 8.38. The van der Waals surface area contributed by atoms with Gasteiger partial charge >= 0.3 is 0 Å². The first-order valence-electron chi connectivity index (χ1n) is 3.24. The van der Waals surface area contributed by atoms with Crippen molar-refractivity contribution in [3.05, 3.63) is 12.2 Å². The highest BCUT2D eigenvalue weighted by Crippen LogP contribution is 2.14. The Kier molecular flexibility index (Phi) is 7.95. The smallest absolute Gasteiger partial charge is 0.169 e. The highest BCUT2D eigenvalue weighted by atomic mass is 32.2. The highest BCUT2D eigenvalue weighted by Gasteiger charge is 1.95. The third-order valence-corrected chi connectivity index (χ3v) is 2.84. The molecule has 0 fully saturated rings. The molecule has 0 aromatic heterocycles. The molecule has 0 amide bonds. The summed E-state index contributed by atoms with van der Waals surface area (Å²) in [5.41, 5.74) is 0. The van der Waals surface area contributed by atoms with Crippen LogP contribution in [0, 0.1) is 0 Å². The van der Waals surface area contributed by atoms with E-state index in [1.54, 1.807) is 30.6 Å². The molecule has 11 heavy (non-hydrogen) atoms. The molecule has 0 N–H and O–H groups in total. The second-order valence-electron chi connectivity index (χ2n) is 1.62. The zero-order valence-corrected chi connectivity index (χ0v) is 8.67. The second-order valence-corrected chi connectivity index (χ2v) is 3.69.